The highest BCUT2D eigenvalue weighted by atomic mass is 35.5. The molecular formula is C11H10ClFN2O2. The normalized spacial score (nSPS) is 18.9. The SMILES string of the molecule is O=C1CC[C@H](C(=O)Nc2ccc(F)c(Cl)c2)N1. The van der Waals surface area contributed by atoms with Crippen molar-refractivity contribution in [2.75, 3.05) is 5.32 Å². The summed E-state index contributed by atoms with van der Waals surface area (Å²) in [5, 5.41) is 5.05. The van der Waals surface area contributed by atoms with Crippen LogP contribution in [-0.2, 0) is 9.59 Å². The number of carbonyl (C=O) groups excluding carboxylic acids is 2. The van der Waals surface area contributed by atoms with Crippen LogP contribution in [0.4, 0.5) is 10.1 Å². The molecule has 0 unspecified atom stereocenters. The molecular weight excluding hydrogens is 247 g/mol. The Hall–Kier alpha value is -1.62. The molecule has 1 saturated heterocycles. The van der Waals surface area contributed by atoms with E-state index in [1.165, 1.54) is 18.2 Å². The molecule has 1 aliphatic heterocycles. The van der Waals surface area contributed by atoms with Crippen molar-refractivity contribution in [3.05, 3.63) is 29.0 Å². The van der Waals surface area contributed by atoms with Gasteiger partial charge in [0.1, 0.15) is 11.9 Å². The number of benzene rings is 1. The lowest BCUT2D eigenvalue weighted by Crippen LogP contribution is -2.37. The van der Waals surface area contributed by atoms with Gasteiger partial charge in [-0.15, -0.1) is 0 Å². The Morgan fingerprint density at radius 3 is 2.88 bits per heavy atom. The first kappa shape index (κ1) is 11.9. The van der Waals surface area contributed by atoms with Crippen LogP contribution in [0.25, 0.3) is 0 Å². The van der Waals surface area contributed by atoms with Gasteiger partial charge in [0.25, 0.3) is 0 Å². The van der Waals surface area contributed by atoms with Crippen LogP contribution in [0.2, 0.25) is 5.02 Å². The zero-order valence-corrected chi connectivity index (χ0v) is 9.55. The lowest BCUT2D eigenvalue weighted by Gasteiger charge is -2.11. The molecule has 6 heteroatoms. The van der Waals surface area contributed by atoms with Gasteiger partial charge in [0.2, 0.25) is 11.8 Å². The van der Waals surface area contributed by atoms with Gasteiger partial charge in [-0.1, -0.05) is 11.6 Å². The van der Waals surface area contributed by atoms with E-state index >= 15 is 0 Å². The number of amides is 2. The second-order valence-electron chi connectivity index (χ2n) is 3.78. The third kappa shape index (κ3) is 2.74. The summed E-state index contributed by atoms with van der Waals surface area (Å²) >= 11 is 5.58. The van der Waals surface area contributed by atoms with Gasteiger partial charge in [-0.2, -0.15) is 0 Å². The number of anilines is 1. The Morgan fingerprint density at radius 1 is 1.53 bits per heavy atom. The fraction of sp³-hybridized carbons (Fsp3) is 0.273. The van der Waals surface area contributed by atoms with Gasteiger partial charge in [0.15, 0.2) is 0 Å². The third-order valence-electron chi connectivity index (χ3n) is 2.50. The predicted molar refractivity (Wildman–Crippen MR) is 61.2 cm³/mol. The van der Waals surface area contributed by atoms with E-state index < -0.39 is 11.9 Å². The lowest BCUT2D eigenvalue weighted by molar-refractivity contribution is -0.122. The lowest BCUT2D eigenvalue weighted by atomic mass is 10.2. The van der Waals surface area contributed by atoms with Crippen LogP contribution in [0.5, 0.6) is 0 Å². The van der Waals surface area contributed by atoms with Crippen LogP contribution in [0.3, 0.4) is 0 Å². The fourth-order valence-electron chi connectivity index (χ4n) is 1.61. The summed E-state index contributed by atoms with van der Waals surface area (Å²) in [6, 6.07) is 3.39. The van der Waals surface area contributed by atoms with Crippen molar-refractivity contribution in [1.29, 1.82) is 0 Å². The van der Waals surface area contributed by atoms with E-state index in [4.69, 9.17) is 11.6 Å². The monoisotopic (exact) mass is 256 g/mol. The van der Waals surface area contributed by atoms with E-state index in [1.807, 2.05) is 0 Å². The van der Waals surface area contributed by atoms with Crippen LogP contribution < -0.4 is 10.6 Å². The van der Waals surface area contributed by atoms with E-state index in [-0.39, 0.29) is 16.8 Å². The molecule has 4 nitrogen and oxygen atoms in total. The zero-order valence-electron chi connectivity index (χ0n) is 8.80. The number of rotatable bonds is 2. The van der Waals surface area contributed by atoms with Gasteiger partial charge in [-0.05, 0) is 24.6 Å². The Kier molecular flexibility index (Phi) is 3.28. The highest BCUT2D eigenvalue weighted by Crippen LogP contribution is 2.20. The first-order chi connectivity index (χ1) is 8.06. The summed E-state index contributed by atoms with van der Waals surface area (Å²) in [4.78, 5) is 22.6. The van der Waals surface area contributed by atoms with Crippen molar-refractivity contribution in [3.8, 4) is 0 Å². The maximum absolute atomic E-state index is 12.9. The minimum absolute atomic E-state index is 0.0572. The minimum Gasteiger partial charge on any atom is -0.344 e. The number of halogens is 2. The number of carbonyl (C=O) groups is 2. The van der Waals surface area contributed by atoms with Gasteiger partial charge in [-0.25, -0.2) is 4.39 Å². The minimum atomic E-state index is -0.543. The predicted octanol–water partition coefficient (Wildman–Crippen LogP) is 1.70. The highest BCUT2D eigenvalue weighted by molar-refractivity contribution is 6.31. The molecule has 1 heterocycles. The van der Waals surface area contributed by atoms with E-state index in [0.29, 0.717) is 18.5 Å². The second kappa shape index (κ2) is 4.71. The zero-order chi connectivity index (χ0) is 12.4. The molecule has 0 saturated carbocycles. The van der Waals surface area contributed by atoms with Crippen LogP contribution in [-0.4, -0.2) is 17.9 Å². The quantitative estimate of drug-likeness (QED) is 0.846. The van der Waals surface area contributed by atoms with Crippen molar-refractivity contribution >= 4 is 29.1 Å². The summed E-state index contributed by atoms with van der Waals surface area (Å²) in [6.45, 7) is 0. The van der Waals surface area contributed by atoms with Crippen LogP contribution >= 0.6 is 11.6 Å². The molecule has 17 heavy (non-hydrogen) atoms. The molecule has 2 N–H and O–H groups in total. The fourth-order valence-corrected chi connectivity index (χ4v) is 1.79. The number of nitrogens with one attached hydrogen (secondary N) is 2. The molecule has 0 bridgehead atoms. The number of hydrogen-bond acceptors (Lipinski definition) is 2. The Labute approximate surface area is 102 Å². The summed E-state index contributed by atoms with van der Waals surface area (Å²) in [5.74, 6) is -1.00. The smallest absolute Gasteiger partial charge is 0.246 e. The summed E-state index contributed by atoms with van der Waals surface area (Å²) < 4.78 is 12.9. The molecule has 1 fully saturated rings. The first-order valence-electron chi connectivity index (χ1n) is 5.11. The van der Waals surface area contributed by atoms with E-state index in [9.17, 15) is 14.0 Å². The van der Waals surface area contributed by atoms with Crippen molar-refractivity contribution in [2.45, 2.75) is 18.9 Å². The molecule has 1 aromatic carbocycles. The second-order valence-corrected chi connectivity index (χ2v) is 4.18. The molecule has 90 valence electrons. The molecule has 0 aromatic heterocycles. The standard InChI is InChI=1S/C11H10ClFN2O2/c12-7-5-6(1-2-8(7)13)14-11(17)9-3-4-10(16)15-9/h1-2,5,9H,3-4H2,(H,14,17)(H,15,16)/t9-/m1/s1. The molecule has 1 atom stereocenters. The van der Waals surface area contributed by atoms with Crippen molar-refractivity contribution in [2.24, 2.45) is 0 Å². The van der Waals surface area contributed by atoms with Crippen molar-refractivity contribution in [1.82, 2.24) is 5.32 Å². The molecule has 1 aliphatic rings. The molecule has 2 rings (SSSR count). The van der Waals surface area contributed by atoms with E-state index in [2.05, 4.69) is 10.6 Å². The summed E-state index contributed by atoms with van der Waals surface area (Å²) in [5.41, 5.74) is 0.405. The average molecular weight is 257 g/mol. The average Bonchev–Trinajstić information content (AvgIpc) is 2.70. The van der Waals surface area contributed by atoms with E-state index in [1.54, 1.807) is 0 Å². The Balaban J connectivity index is 2.03. The van der Waals surface area contributed by atoms with Gasteiger partial charge in [-0.3, -0.25) is 9.59 Å². The molecule has 0 aliphatic carbocycles. The topological polar surface area (TPSA) is 58.2 Å². The third-order valence-corrected chi connectivity index (χ3v) is 2.79. The van der Waals surface area contributed by atoms with Gasteiger partial charge >= 0.3 is 0 Å². The number of hydrogen-bond donors (Lipinski definition) is 2. The molecule has 2 amide bonds. The Morgan fingerprint density at radius 2 is 2.29 bits per heavy atom. The largest absolute Gasteiger partial charge is 0.344 e. The van der Waals surface area contributed by atoms with E-state index in [0.717, 1.165) is 0 Å². The maximum Gasteiger partial charge on any atom is 0.246 e. The van der Waals surface area contributed by atoms with Gasteiger partial charge in [0, 0.05) is 12.1 Å². The van der Waals surface area contributed by atoms with Gasteiger partial charge in [0.05, 0.1) is 5.02 Å². The van der Waals surface area contributed by atoms with Crippen molar-refractivity contribution < 1.29 is 14.0 Å². The van der Waals surface area contributed by atoms with Crippen LogP contribution in [0, 0.1) is 5.82 Å². The molecule has 0 radical (unpaired) electrons. The highest BCUT2D eigenvalue weighted by Gasteiger charge is 2.27. The van der Waals surface area contributed by atoms with Crippen molar-refractivity contribution in [3.63, 3.8) is 0 Å². The Bertz CT molecular complexity index is 479. The molecule has 1 aromatic rings. The van der Waals surface area contributed by atoms with Crippen LogP contribution in [0.15, 0.2) is 18.2 Å². The van der Waals surface area contributed by atoms with Gasteiger partial charge < -0.3 is 10.6 Å². The van der Waals surface area contributed by atoms with Crippen LogP contribution in [0.1, 0.15) is 12.8 Å². The summed E-state index contributed by atoms with van der Waals surface area (Å²) in [7, 11) is 0. The summed E-state index contributed by atoms with van der Waals surface area (Å²) in [6.07, 6.45) is 0.821. The maximum atomic E-state index is 12.9. The molecule has 0 spiro atoms. The first-order valence-corrected chi connectivity index (χ1v) is 5.49.